The van der Waals surface area contributed by atoms with Gasteiger partial charge in [0.1, 0.15) is 22.2 Å². The molecule has 58 heavy (non-hydrogen) atoms. The summed E-state index contributed by atoms with van der Waals surface area (Å²) in [6.45, 7) is 0.617. The Morgan fingerprint density at radius 1 is 0.845 bits per heavy atom. The van der Waals surface area contributed by atoms with Crippen LogP contribution in [0.25, 0.3) is 6.08 Å². The number of nitrogens with zero attached hydrogens (tertiary/aromatic N) is 3. The molecule has 12 nitrogen and oxygen atoms in total. The Morgan fingerprint density at radius 3 is 2.24 bits per heavy atom. The van der Waals surface area contributed by atoms with Crippen molar-refractivity contribution in [3.05, 3.63) is 148 Å². The molecular formula is C39H33F5N6O6S2. The Labute approximate surface area is 333 Å². The van der Waals surface area contributed by atoms with E-state index in [1.165, 1.54) is 67.0 Å². The maximum absolute atomic E-state index is 14.2. The highest BCUT2D eigenvalue weighted by molar-refractivity contribution is 7.98. The molecule has 4 N–H and O–H groups in total. The van der Waals surface area contributed by atoms with Crippen LogP contribution in [0.15, 0.2) is 106 Å². The predicted molar refractivity (Wildman–Crippen MR) is 206 cm³/mol. The van der Waals surface area contributed by atoms with Crippen molar-refractivity contribution < 1.29 is 49.2 Å². The highest BCUT2D eigenvalue weighted by Gasteiger charge is 2.26. The van der Waals surface area contributed by atoms with Crippen molar-refractivity contribution in [2.75, 3.05) is 25.1 Å². The Balaban J connectivity index is 1.12. The largest absolute Gasteiger partial charge is 0.491 e. The molecule has 0 saturated heterocycles. The molecule has 19 heteroatoms. The normalized spacial score (nSPS) is 11.6. The summed E-state index contributed by atoms with van der Waals surface area (Å²) >= 11 is 0.371. The summed E-state index contributed by atoms with van der Waals surface area (Å²) in [6.07, 6.45) is 5.94. The zero-order valence-electron chi connectivity index (χ0n) is 30.1. The zero-order chi connectivity index (χ0) is 41.7. The van der Waals surface area contributed by atoms with Crippen LogP contribution in [0.3, 0.4) is 0 Å². The quantitative estimate of drug-likeness (QED) is 0.00854. The molecule has 2 amide bonds. The van der Waals surface area contributed by atoms with Gasteiger partial charge in [0.05, 0.1) is 29.0 Å². The number of anilines is 1. The summed E-state index contributed by atoms with van der Waals surface area (Å²) in [5.74, 6) is -11.0. The van der Waals surface area contributed by atoms with E-state index in [2.05, 4.69) is 31.1 Å². The van der Waals surface area contributed by atoms with Gasteiger partial charge < -0.3 is 15.4 Å². The Bertz CT molecular complexity index is 2400. The number of amides is 2. The van der Waals surface area contributed by atoms with Crippen molar-refractivity contribution in [1.82, 2.24) is 20.6 Å². The predicted octanol–water partition coefficient (Wildman–Crippen LogP) is 6.73. The molecule has 3 aromatic carbocycles. The van der Waals surface area contributed by atoms with Gasteiger partial charge in [-0.3, -0.25) is 19.6 Å². The number of carbonyl (C=O) groups is 2. The van der Waals surface area contributed by atoms with Crippen molar-refractivity contribution in [1.29, 1.82) is 0 Å². The van der Waals surface area contributed by atoms with Gasteiger partial charge in [-0.1, -0.05) is 48.5 Å². The van der Waals surface area contributed by atoms with Gasteiger partial charge in [-0.05, 0) is 48.4 Å². The first-order valence-electron chi connectivity index (χ1n) is 17.2. The molecule has 0 aliphatic rings. The maximum Gasteiger partial charge on any atom is 0.295 e. The lowest BCUT2D eigenvalue weighted by Crippen LogP contribution is -2.29. The van der Waals surface area contributed by atoms with Gasteiger partial charge in [-0.25, -0.2) is 31.9 Å². The second kappa shape index (κ2) is 20.3. The van der Waals surface area contributed by atoms with Crippen LogP contribution < -0.4 is 20.8 Å². The van der Waals surface area contributed by atoms with Crippen LogP contribution in [-0.4, -0.2) is 60.7 Å². The van der Waals surface area contributed by atoms with Crippen LogP contribution in [0.2, 0.25) is 0 Å². The molecule has 0 unspecified atom stereocenters. The number of carbonyl (C=O) groups excluding carboxylic acids is 2. The third-order valence-corrected chi connectivity index (χ3v) is 9.92. The molecule has 0 spiro atoms. The van der Waals surface area contributed by atoms with Crippen LogP contribution in [-0.2, 0) is 27.1 Å². The van der Waals surface area contributed by atoms with E-state index in [1.807, 2.05) is 30.3 Å². The number of benzene rings is 3. The maximum atomic E-state index is 14.2. The number of rotatable bonds is 18. The third kappa shape index (κ3) is 11.9. The van der Waals surface area contributed by atoms with E-state index in [0.717, 1.165) is 5.56 Å². The van der Waals surface area contributed by atoms with Crippen molar-refractivity contribution >= 4 is 51.8 Å². The minimum Gasteiger partial charge on any atom is -0.491 e. The molecule has 2 aromatic heterocycles. The smallest absolute Gasteiger partial charge is 0.295 e. The first-order valence-corrected chi connectivity index (χ1v) is 19.6. The van der Waals surface area contributed by atoms with Gasteiger partial charge in [0, 0.05) is 43.1 Å². The molecule has 0 radical (unpaired) electrons. The van der Waals surface area contributed by atoms with E-state index in [4.69, 9.17) is 4.74 Å². The van der Waals surface area contributed by atoms with Gasteiger partial charge in [-0.15, -0.1) is 11.8 Å². The number of nitrogens with one attached hydrogen (secondary N) is 3. The average molecular weight is 841 g/mol. The van der Waals surface area contributed by atoms with E-state index in [9.17, 15) is 44.5 Å². The average Bonchev–Trinajstić information content (AvgIpc) is 3.22. The fraction of sp³-hybridized carbons (Fsp3) is 0.154. The topological polar surface area (TPSA) is 172 Å². The number of thioether (sulfide) groups is 1. The third-order valence-electron chi connectivity index (χ3n) is 7.90. The number of ether oxygens (including phenoxy) is 1. The zero-order valence-corrected chi connectivity index (χ0v) is 31.7. The second-order valence-corrected chi connectivity index (χ2v) is 14.4. The Kier molecular flexibility index (Phi) is 15.0. The minimum atomic E-state index is -4.45. The van der Waals surface area contributed by atoms with Crippen LogP contribution in [0, 0.1) is 29.1 Å². The molecule has 0 aliphatic heterocycles. The van der Waals surface area contributed by atoms with E-state index in [0.29, 0.717) is 24.6 Å². The van der Waals surface area contributed by atoms with Crippen LogP contribution in [0.4, 0.5) is 27.8 Å². The number of aromatic nitrogens is 2. The van der Waals surface area contributed by atoms with Gasteiger partial charge in [0.2, 0.25) is 11.7 Å². The molecule has 0 bridgehead atoms. The van der Waals surface area contributed by atoms with Crippen molar-refractivity contribution in [3.63, 3.8) is 0 Å². The summed E-state index contributed by atoms with van der Waals surface area (Å²) in [6, 6.07) is 21.1. The molecule has 5 rings (SSSR count). The first-order chi connectivity index (χ1) is 27.8. The molecule has 5 aromatic rings. The van der Waals surface area contributed by atoms with Crippen LogP contribution >= 0.6 is 11.8 Å². The Morgan fingerprint density at radius 2 is 1.53 bits per heavy atom. The van der Waals surface area contributed by atoms with Crippen molar-refractivity contribution in [3.8, 4) is 5.75 Å². The summed E-state index contributed by atoms with van der Waals surface area (Å²) in [5.41, 5.74) is 4.37. The van der Waals surface area contributed by atoms with E-state index in [-0.39, 0.29) is 64.4 Å². The van der Waals surface area contributed by atoms with Crippen LogP contribution in [0.5, 0.6) is 5.75 Å². The Hall–Kier alpha value is -6.18. The fourth-order valence-corrected chi connectivity index (χ4v) is 6.56. The molecule has 0 atom stereocenters. The molecule has 2 heterocycles. The highest BCUT2D eigenvalue weighted by Crippen LogP contribution is 2.33. The molecule has 0 aliphatic carbocycles. The number of hydrazone groups is 1. The number of pyridine rings is 2. The van der Waals surface area contributed by atoms with Gasteiger partial charge >= 0.3 is 0 Å². The lowest BCUT2D eigenvalue weighted by molar-refractivity contribution is -0.116. The monoisotopic (exact) mass is 840 g/mol. The summed E-state index contributed by atoms with van der Waals surface area (Å²) in [5, 5.41) is 9.30. The number of halogens is 5. The number of hydrogen-bond acceptors (Lipinski definition) is 10. The second-order valence-electron chi connectivity index (χ2n) is 12.0. The minimum absolute atomic E-state index is 0.146. The number of hydrogen-bond donors (Lipinski definition) is 4. The van der Waals surface area contributed by atoms with E-state index in [1.54, 1.807) is 6.07 Å². The lowest BCUT2D eigenvalue weighted by atomic mass is 10.2. The summed E-state index contributed by atoms with van der Waals surface area (Å²) in [4.78, 5) is 32.4. The van der Waals surface area contributed by atoms with E-state index < -0.39 is 55.9 Å². The standard InChI is InChI=1S/C39H33F5N6O6S2/c40-33-34(41)36(43)38(37(44)35(33)42)57-23-27-12-14-29(56-20-17-24-7-2-1-3-8-24)28(49-27)13-16-32(51)45-18-6-19-46-39(52)26-11-15-31(47-21-26)50-48-22-25-9-4-5-10-30(25)58(53,54)55/h1-5,7-16,21-22H,6,17-20,23H2,(H,45,51)(H,46,52)(H,47,50)(H,53,54,55)/b16-13+,48-22+. The molecule has 302 valence electrons. The van der Waals surface area contributed by atoms with Crippen molar-refractivity contribution in [2.24, 2.45) is 5.10 Å². The summed E-state index contributed by atoms with van der Waals surface area (Å²) < 4.78 is 108. The SMILES string of the molecule is O=C(/C=C/c1nc(CSc2c(F)c(F)c(F)c(F)c2F)ccc1OCCc1ccccc1)NCCCNC(=O)c1ccc(N/N=C/c2ccccc2S(=O)(=O)O)nc1. The van der Waals surface area contributed by atoms with Gasteiger partial charge in [0.25, 0.3) is 16.0 Å². The van der Waals surface area contributed by atoms with E-state index >= 15 is 0 Å². The summed E-state index contributed by atoms with van der Waals surface area (Å²) in [7, 11) is -4.45. The molecule has 0 fully saturated rings. The van der Waals surface area contributed by atoms with Gasteiger partial charge in [-0.2, -0.15) is 13.5 Å². The fourth-order valence-electron chi connectivity index (χ4n) is 5.01. The lowest BCUT2D eigenvalue weighted by Gasteiger charge is -2.12. The molecular weight excluding hydrogens is 808 g/mol. The highest BCUT2D eigenvalue weighted by atomic mass is 32.2. The van der Waals surface area contributed by atoms with Gasteiger partial charge in [0.15, 0.2) is 23.3 Å². The van der Waals surface area contributed by atoms with Crippen molar-refractivity contribution in [2.45, 2.75) is 28.4 Å². The first kappa shape index (κ1) is 43.0. The van der Waals surface area contributed by atoms with Crippen LogP contribution in [0.1, 0.15) is 39.3 Å². The molecule has 0 saturated carbocycles.